The Morgan fingerprint density at radius 3 is 2.41 bits per heavy atom. The highest BCUT2D eigenvalue weighted by Gasteiger charge is 2.29. The van der Waals surface area contributed by atoms with Gasteiger partial charge in [0, 0.05) is 12.1 Å². The molecule has 1 atom stereocenters. The van der Waals surface area contributed by atoms with Crippen LogP contribution in [0.5, 0.6) is 0 Å². The van der Waals surface area contributed by atoms with Crippen LogP contribution >= 0.6 is 0 Å². The molecule has 1 rings (SSSR count). The van der Waals surface area contributed by atoms with Gasteiger partial charge in [-0.05, 0) is 37.5 Å². The molecule has 0 saturated carbocycles. The summed E-state index contributed by atoms with van der Waals surface area (Å²) in [6, 6.07) is 4.90. The van der Waals surface area contributed by atoms with E-state index in [1.165, 1.54) is 6.07 Å². The van der Waals surface area contributed by atoms with Crippen molar-refractivity contribution in [2.45, 2.75) is 33.2 Å². The van der Waals surface area contributed by atoms with Gasteiger partial charge in [0.2, 0.25) is 10.0 Å². The second-order valence-corrected chi connectivity index (χ2v) is 7.88. The zero-order valence-corrected chi connectivity index (χ0v) is 14.5. The molecular formula is C15H25N3O3S. The third kappa shape index (κ3) is 4.71. The molecule has 0 heterocycles. The normalized spacial score (nSPS) is 14.5. The first-order valence-corrected chi connectivity index (χ1v) is 8.98. The van der Waals surface area contributed by atoms with Gasteiger partial charge in [-0.1, -0.05) is 19.9 Å². The molecule has 6 nitrogen and oxygen atoms in total. The molecule has 0 aliphatic heterocycles. The lowest BCUT2D eigenvalue weighted by molar-refractivity contribution is 0.0883. The van der Waals surface area contributed by atoms with Crippen molar-refractivity contribution in [1.82, 2.24) is 5.32 Å². The van der Waals surface area contributed by atoms with Gasteiger partial charge in [0.1, 0.15) is 0 Å². The van der Waals surface area contributed by atoms with Crippen LogP contribution in [0.1, 0.15) is 36.7 Å². The molecule has 0 bridgehead atoms. The summed E-state index contributed by atoms with van der Waals surface area (Å²) in [6.45, 7) is 7.95. The molecule has 0 aliphatic carbocycles. The van der Waals surface area contributed by atoms with E-state index in [9.17, 15) is 13.2 Å². The smallest absolute Gasteiger partial charge is 0.251 e. The van der Waals surface area contributed by atoms with Crippen molar-refractivity contribution in [2.24, 2.45) is 11.7 Å². The Labute approximate surface area is 132 Å². The molecule has 0 saturated heterocycles. The fourth-order valence-electron chi connectivity index (χ4n) is 1.84. The summed E-state index contributed by atoms with van der Waals surface area (Å²) in [5, 5.41) is 2.93. The monoisotopic (exact) mass is 327 g/mol. The number of hydrogen-bond donors (Lipinski definition) is 3. The zero-order valence-electron chi connectivity index (χ0n) is 13.7. The van der Waals surface area contributed by atoms with E-state index in [0.29, 0.717) is 17.8 Å². The average Bonchev–Trinajstić information content (AvgIpc) is 2.39. The van der Waals surface area contributed by atoms with Gasteiger partial charge in [0.25, 0.3) is 5.91 Å². The Hall–Kier alpha value is -1.60. The summed E-state index contributed by atoms with van der Waals surface area (Å²) < 4.78 is 25.2. The topological polar surface area (TPSA) is 101 Å². The van der Waals surface area contributed by atoms with E-state index in [4.69, 9.17) is 5.73 Å². The number of carbonyl (C=O) groups is 1. The van der Waals surface area contributed by atoms with E-state index in [0.717, 1.165) is 11.8 Å². The first-order valence-electron chi connectivity index (χ1n) is 7.09. The Bertz CT molecular complexity index is 656. The Balaban J connectivity index is 3.07. The van der Waals surface area contributed by atoms with Crippen molar-refractivity contribution in [3.8, 4) is 0 Å². The molecule has 1 unspecified atom stereocenters. The molecule has 124 valence electrons. The Morgan fingerprint density at radius 2 is 1.95 bits per heavy atom. The van der Waals surface area contributed by atoms with Crippen molar-refractivity contribution in [1.29, 1.82) is 0 Å². The summed E-state index contributed by atoms with van der Waals surface area (Å²) in [6.07, 6.45) is 1.07. The van der Waals surface area contributed by atoms with Crippen molar-refractivity contribution in [2.75, 3.05) is 17.5 Å². The third-order valence-corrected chi connectivity index (χ3v) is 4.48. The van der Waals surface area contributed by atoms with Crippen molar-refractivity contribution in [3.63, 3.8) is 0 Å². The molecule has 0 fully saturated rings. The molecule has 0 aliphatic rings. The van der Waals surface area contributed by atoms with Crippen LogP contribution < -0.4 is 15.8 Å². The molecule has 1 aromatic carbocycles. The average molecular weight is 327 g/mol. The maximum absolute atomic E-state index is 12.4. The summed E-state index contributed by atoms with van der Waals surface area (Å²) >= 11 is 0. The first-order chi connectivity index (χ1) is 9.98. The highest BCUT2D eigenvalue weighted by molar-refractivity contribution is 7.92. The van der Waals surface area contributed by atoms with Crippen LogP contribution in [0.4, 0.5) is 5.69 Å². The van der Waals surface area contributed by atoms with Crippen molar-refractivity contribution >= 4 is 21.6 Å². The van der Waals surface area contributed by atoms with E-state index in [2.05, 4.69) is 10.0 Å². The van der Waals surface area contributed by atoms with E-state index in [1.807, 2.05) is 20.8 Å². The number of benzene rings is 1. The maximum atomic E-state index is 12.4. The fraction of sp³-hybridized carbons (Fsp3) is 0.533. The molecule has 4 N–H and O–H groups in total. The molecule has 7 heteroatoms. The lowest BCUT2D eigenvalue weighted by atomic mass is 9.88. The van der Waals surface area contributed by atoms with Crippen LogP contribution in [0.25, 0.3) is 0 Å². The summed E-state index contributed by atoms with van der Waals surface area (Å²) in [4.78, 5) is 12.4. The van der Waals surface area contributed by atoms with Gasteiger partial charge in [-0.3, -0.25) is 9.52 Å². The van der Waals surface area contributed by atoms with Crippen molar-refractivity contribution < 1.29 is 13.2 Å². The summed E-state index contributed by atoms with van der Waals surface area (Å²) in [7, 11) is -3.40. The van der Waals surface area contributed by atoms with E-state index in [1.54, 1.807) is 19.1 Å². The fourth-order valence-corrected chi connectivity index (χ4v) is 2.45. The van der Waals surface area contributed by atoms with E-state index < -0.39 is 15.6 Å². The molecule has 22 heavy (non-hydrogen) atoms. The zero-order chi connectivity index (χ0) is 17.1. The van der Waals surface area contributed by atoms with E-state index in [-0.39, 0.29) is 11.8 Å². The standard InChI is InChI=1S/C15H25N3O3S/c1-10(2)15(4,9-16)17-14(19)12-7-6-11(3)13(8-12)18-22(5,20)21/h6-8,10,18H,9,16H2,1-5H3,(H,17,19). The quantitative estimate of drug-likeness (QED) is 0.736. The Morgan fingerprint density at radius 1 is 1.36 bits per heavy atom. The highest BCUT2D eigenvalue weighted by atomic mass is 32.2. The van der Waals surface area contributed by atoms with E-state index >= 15 is 0 Å². The first kappa shape index (κ1) is 18.4. The maximum Gasteiger partial charge on any atom is 0.251 e. The third-order valence-electron chi connectivity index (χ3n) is 3.89. The van der Waals surface area contributed by atoms with Gasteiger partial charge in [0.05, 0.1) is 17.5 Å². The lowest BCUT2D eigenvalue weighted by Gasteiger charge is -2.33. The molecule has 0 radical (unpaired) electrons. The largest absolute Gasteiger partial charge is 0.345 e. The van der Waals surface area contributed by atoms with Crippen LogP contribution in [0.3, 0.4) is 0 Å². The lowest BCUT2D eigenvalue weighted by Crippen LogP contribution is -2.55. The van der Waals surface area contributed by atoms with Gasteiger partial charge in [-0.25, -0.2) is 8.42 Å². The second-order valence-electron chi connectivity index (χ2n) is 6.13. The molecule has 1 aromatic rings. The van der Waals surface area contributed by atoms with Crippen molar-refractivity contribution in [3.05, 3.63) is 29.3 Å². The number of hydrogen-bond acceptors (Lipinski definition) is 4. The number of nitrogens with one attached hydrogen (secondary N) is 2. The molecule has 0 aromatic heterocycles. The molecule has 1 amide bonds. The highest BCUT2D eigenvalue weighted by Crippen LogP contribution is 2.20. The Kier molecular flexibility index (Phi) is 5.59. The van der Waals surface area contributed by atoms with Crippen LogP contribution in [0.2, 0.25) is 0 Å². The van der Waals surface area contributed by atoms with Crippen LogP contribution in [0, 0.1) is 12.8 Å². The predicted octanol–water partition coefficient (Wildman–Crippen LogP) is 1.47. The van der Waals surface area contributed by atoms with Crippen LogP contribution in [-0.4, -0.2) is 32.7 Å². The van der Waals surface area contributed by atoms with Crippen LogP contribution in [0.15, 0.2) is 18.2 Å². The van der Waals surface area contributed by atoms with Gasteiger partial charge in [0.15, 0.2) is 0 Å². The number of anilines is 1. The number of nitrogens with two attached hydrogens (primary N) is 1. The van der Waals surface area contributed by atoms with Crippen LogP contribution in [-0.2, 0) is 10.0 Å². The van der Waals surface area contributed by atoms with Gasteiger partial charge in [-0.2, -0.15) is 0 Å². The number of sulfonamides is 1. The molecule has 0 spiro atoms. The van der Waals surface area contributed by atoms with Gasteiger partial charge >= 0.3 is 0 Å². The number of aryl methyl sites for hydroxylation is 1. The number of amides is 1. The predicted molar refractivity (Wildman–Crippen MR) is 89.4 cm³/mol. The minimum Gasteiger partial charge on any atom is -0.345 e. The number of carbonyl (C=O) groups excluding carboxylic acids is 1. The molecular weight excluding hydrogens is 302 g/mol. The minimum absolute atomic E-state index is 0.167. The summed E-state index contributed by atoms with van der Waals surface area (Å²) in [5.41, 5.74) is 6.77. The number of rotatable bonds is 6. The van der Waals surface area contributed by atoms with Gasteiger partial charge in [-0.15, -0.1) is 0 Å². The minimum atomic E-state index is -3.40. The SMILES string of the molecule is Cc1ccc(C(=O)NC(C)(CN)C(C)C)cc1NS(C)(=O)=O. The van der Waals surface area contributed by atoms with Gasteiger partial charge < -0.3 is 11.1 Å². The second kappa shape index (κ2) is 6.66. The summed E-state index contributed by atoms with van der Waals surface area (Å²) in [5.74, 6) is -0.112.